The average molecular weight is 350 g/mol. The largest absolute Gasteiger partial charge is 0.458 e. The van der Waals surface area contributed by atoms with Gasteiger partial charge in [0.2, 0.25) is 12.1 Å². The van der Waals surface area contributed by atoms with E-state index in [9.17, 15) is 23.1 Å². The first kappa shape index (κ1) is 18.3. The molecule has 0 radical (unpaired) electrons. The summed E-state index contributed by atoms with van der Waals surface area (Å²) in [6.07, 6.45) is 0.441. The minimum Gasteiger partial charge on any atom is -0.458 e. The van der Waals surface area contributed by atoms with E-state index in [1.807, 2.05) is 0 Å². The Hall–Kier alpha value is -3.06. The first-order valence-corrected chi connectivity index (χ1v) is 6.96. The molecule has 7 heteroatoms. The zero-order chi connectivity index (χ0) is 18.6. The molecule has 0 saturated heterocycles. The van der Waals surface area contributed by atoms with Crippen molar-refractivity contribution in [2.24, 2.45) is 0 Å². The molecule has 130 valence electrons. The van der Waals surface area contributed by atoms with E-state index in [0.29, 0.717) is 0 Å². The van der Waals surface area contributed by atoms with Crippen molar-refractivity contribution in [3.63, 3.8) is 0 Å². The summed E-state index contributed by atoms with van der Waals surface area (Å²) in [5.41, 5.74) is -0.221. The number of aliphatic hydroxyl groups is 1. The van der Waals surface area contributed by atoms with Crippen LogP contribution in [0.4, 0.5) is 13.2 Å². The molecule has 25 heavy (non-hydrogen) atoms. The highest BCUT2D eigenvalue weighted by Gasteiger charge is 2.18. The Kier molecular flexibility index (Phi) is 5.61. The van der Waals surface area contributed by atoms with Gasteiger partial charge in [-0.25, -0.2) is 13.6 Å². The Labute approximate surface area is 141 Å². The minimum atomic E-state index is -1.41. The summed E-state index contributed by atoms with van der Waals surface area (Å²) >= 11 is 0. The Balaban J connectivity index is 2.37. The van der Waals surface area contributed by atoms with Gasteiger partial charge in [0.25, 0.3) is 0 Å². The van der Waals surface area contributed by atoms with Crippen molar-refractivity contribution in [1.29, 1.82) is 0 Å². The molecule has 0 aliphatic heterocycles. The highest BCUT2D eigenvalue weighted by atomic mass is 19.2. The summed E-state index contributed by atoms with van der Waals surface area (Å²) in [5.74, 6) is -5.43. The molecule has 2 rings (SSSR count). The lowest BCUT2D eigenvalue weighted by atomic mass is 10.0. The fourth-order valence-electron chi connectivity index (χ4n) is 1.93. The Morgan fingerprint density at radius 2 is 1.76 bits per heavy atom. The average Bonchev–Trinajstić information content (AvgIpc) is 2.60. The molecule has 0 fully saturated rings. The zero-order valence-corrected chi connectivity index (χ0v) is 12.8. The molecule has 0 spiro atoms. The van der Waals surface area contributed by atoms with Crippen LogP contribution in [0.5, 0.6) is 11.5 Å². The first-order valence-electron chi connectivity index (χ1n) is 6.96. The quantitative estimate of drug-likeness (QED) is 0.283. The highest BCUT2D eigenvalue weighted by Crippen LogP contribution is 2.32. The molecule has 1 atom stereocenters. The molecule has 0 heterocycles. The maximum atomic E-state index is 14.2. The molecule has 0 amide bonds. The van der Waals surface area contributed by atoms with Crippen LogP contribution in [0.15, 0.2) is 55.6 Å². The number of hydrogen-bond acceptors (Lipinski definition) is 4. The van der Waals surface area contributed by atoms with Crippen molar-refractivity contribution in [1.82, 2.24) is 0 Å². The van der Waals surface area contributed by atoms with E-state index >= 15 is 0 Å². The van der Waals surface area contributed by atoms with Gasteiger partial charge in [-0.05, 0) is 35.9 Å². The number of carbonyl (C=O) groups excluding carboxylic acids is 1. The molecule has 0 aromatic heterocycles. The van der Waals surface area contributed by atoms with Crippen molar-refractivity contribution in [2.75, 3.05) is 0 Å². The Bertz CT molecular complexity index is 833. The number of ether oxygens (including phenoxy) is 2. The van der Waals surface area contributed by atoms with Crippen LogP contribution in [-0.2, 0) is 4.79 Å². The Morgan fingerprint density at radius 1 is 1.08 bits per heavy atom. The lowest BCUT2D eigenvalue weighted by Gasteiger charge is -2.12. The van der Waals surface area contributed by atoms with Gasteiger partial charge >= 0.3 is 5.97 Å². The van der Waals surface area contributed by atoms with Gasteiger partial charge < -0.3 is 14.6 Å². The molecule has 0 aliphatic carbocycles. The van der Waals surface area contributed by atoms with E-state index in [0.717, 1.165) is 36.4 Å². The van der Waals surface area contributed by atoms with Crippen LogP contribution < -0.4 is 9.47 Å². The Morgan fingerprint density at radius 3 is 2.36 bits per heavy atom. The van der Waals surface area contributed by atoms with Crippen LogP contribution >= 0.6 is 0 Å². The van der Waals surface area contributed by atoms with Gasteiger partial charge in [-0.2, -0.15) is 4.39 Å². The standard InChI is InChI=1S/C18H13F3O4/c1-3-15(22)24-13-7-5-10(9-12(13)19)11-6-8-14(18(21)17(11)20)25-16(23)4-2/h3-9,15,22H,1-2H2. The van der Waals surface area contributed by atoms with E-state index in [4.69, 9.17) is 4.74 Å². The fourth-order valence-corrected chi connectivity index (χ4v) is 1.93. The van der Waals surface area contributed by atoms with Gasteiger partial charge in [-0.15, -0.1) is 0 Å². The van der Waals surface area contributed by atoms with Crippen molar-refractivity contribution in [3.05, 3.63) is 73.1 Å². The summed E-state index contributed by atoms with van der Waals surface area (Å²) < 4.78 is 51.6. The molecule has 1 unspecified atom stereocenters. The maximum Gasteiger partial charge on any atom is 0.335 e. The number of halogens is 3. The summed E-state index contributed by atoms with van der Waals surface area (Å²) in [6.45, 7) is 6.43. The van der Waals surface area contributed by atoms with Crippen molar-refractivity contribution in [2.45, 2.75) is 6.29 Å². The highest BCUT2D eigenvalue weighted by molar-refractivity contribution is 5.83. The fraction of sp³-hybridized carbons (Fsp3) is 0.0556. The molecule has 1 N–H and O–H groups in total. The van der Waals surface area contributed by atoms with Crippen molar-refractivity contribution >= 4 is 5.97 Å². The predicted octanol–water partition coefficient (Wildman–Crippen LogP) is 3.75. The van der Waals surface area contributed by atoms with Crippen LogP contribution in [0, 0.1) is 17.5 Å². The lowest BCUT2D eigenvalue weighted by molar-refractivity contribution is -0.129. The number of hydrogen-bond donors (Lipinski definition) is 1. The van der Waals surface area contributed by atoms with Gasteiger partial charge in [-0.3, -0.25) is 0 Å². The molecular formula is C18H13F3O4. The third kappa shape index (κ3) is 4.07. The van der Waals surface area contributed by atoms with Crippen LogP contribution in [-0.4, -0.2) is 17.4 Å². The minimum absolute atomic E-state index is 0.0240. The molecule has 0 bridgehead atoms. The van der Waals surface area contributed by atoms with Crippen LogP contribution in [0.3, 0.4) is 0 Å². The van der Waals surface area contributed by atoms with E-state index in [1.54, 1.807) is 0 Å². The number of esters is 1. The first-order chi connectivity index (χ1) is 11.9. The zero-order valence-electron chi connectivity index (χ0n) is 12.8. The normalized spacial score (nSPS) is 11.5. The van der Waals surface area contributed by atoms with Gasteiger partial charge in [0.05, 0.1) is 0 Å². The maximum absolute atomic E-state index is 14.2. The predicted molar refractivity (Wildman–Crippen MR) is 84.4 cm³/mol. The van der Waals surface area contributed by atoms with Crippen molar-refractivity contribution < 1.29 is 32.5 Å². The SMILES string of the molecule is C=CC(=O)Oc1ccc(-c2ccc(OC(O)C=C)c(F)c2)c(F)c1F. The smallest absolute Gasteiger partial charge is 0.335 e. The third-order valence-corrected chi connectivity index (χ3v) is 3.12. The molecule has 0 aliphatic rings. The molecule has 2 aromatic carbocycles. The van der Waals surface area contributed by atoms with Crippen molar-refractivity contribution in [3.8, 4) is 22.6 Å². The molecule has 2 aromatic rings. The second-order valence-electron chi connectivity index (χ2n) is 4.75. The summed E-state index contributed by atoms with van der Waals surface area (Å²) in [5, 5.41) is 9.26. The monoisotopic (exact) mass is 350 g/mol. The van der Waals surface area contributed by atoms with Gasteiger partial charge in [0.1, 0.15) is 0 Å². The summed E-state index contributed by atoms with van der Waals surface area (Å²) in [6, 6.07) is 5.53. The van der Waals surface area contributed by atoms with Crippen LogP contribution in [0.2, 0.25) is 0 Å². The number of carbonyl (C=O) groups is 1. The van der Waals surface area contributed by atoms with Crippen LogP contribution in [0.25, 0.3) is 11.1 Å². The topological polar surface area (TPSA) is 55.8 Å². The third-order valence-electron chi connectivity index (χ3n) is 3.12. The van der Waals surface area contributed by atoms with E-state index in [2.05, 4.69) is 17.9 Å². The van der Waals surface area contributed by atoms with Crippen LogP contribution in [0.1, 0.15) is 0 Å². The van der Waals surface area contributed by atoms with Gasteiger partial charge in [-0.1, -0.05) is 19.2 Å². The van der Waals surface area contributed by atoms with E-state index < -0.39 is 35.5 Å². The van der Waals surface area contributed by atoms with Gasteiger partial charge in [0, 0.05) is 11.6 Å². The molecule has 0 saturated carbocycles. The van der Waals surface area contributed by atoms with E-state index in [-0.39, 0.29) is 16.9 Å². The lowest BCUT2D eigenvalue weighted by Crippen LogP contribution is -2.12. The molecule has 4 nitrogen and oxygen atoms in total. The van der Waals surface area contributed by atoms with E-state index in [1.165, 1.54) is 6.07 Å². The summed E-state index contributed by atoms with van der Waals surface area (Å²) in [7, 11) is 0. The number of benzene rings is 2. The number of rotatable bonds is 6. The number of aliphatic hydroxyl groups excluding tert-OH is 1. The second kappa shape index (κ2) is 7.67. The summed E-state index contributed by atoms with van der Waals surface area (Å²) in [4.78, 5) is 11.1. The van der Waals surface area contributed by atoms with Gasteiger partial charge in [0.15, 0.2) is 23.1 Å². The second-order valence-corrected chi connectivity index (χ2v) is 4.75. The molecular weight excluding hydrogens is 337 g/mol.